The molecule has 0 amide bonds. The van der Waals surface area contributed by atoms with E-state index in [0.717, 1.165) is 12.5 Å². The van der Waals surface area contributed by atoms with Gasteiger partial charge < -0.3 is 9.88 Å². The number of rotatable bonds is 4. The maximum atomic E-state index is 3.48. The normalized spacial score (nSPS) is 23.0. The smallest absolute Gasteiger partial charge is 0.0483 e. The van der Waals surface area contributed by atoms with E-state index in [0.29, 0.717) is 12.0 Å². The van der Waals surface area contributed by atoms with Gasteiger partial charge in [0.25, 0.3) is 0 Å². The zero-order chi connectivity index (χ0) is 14.8. The summed E-state index contributed by atoms with van der Waals surface area (Å²) in [6, 6.07) is 9.63. The Kier molecular flexibility index (Phi) is 4.34. The quantitative estimate of drug-likeness (QED) is 0.872. The van der Waals surface area contributed by atoms with E-state index in [-0.39, 0.29) is 0 Å². The van der Waals surface area contributed by atoms with Crippen LogP contribution in [0.25, 0.3) is 10.9 Å². The summed E-state index contributed by atoms with van der Waals surface area (Å²) in [6.07, 6.45) is 7.74. The predicted octanol–water partition coefficient (Wildman–Crippen LogP) is 4.54. The van der Waals surface area contributed by atoms with E-state index in [1.165, 1.54) is 36.6 Å². The van der Waals surface area contributed by atoms with Gasteiger partial charge in [-0.3, -0.25) is 0 Å². The molecule has 2 atom stereocenters. The average Bonchev–Trinajstić information content (AvgIpc) is 2.86. The SMILES string of the molecule is CNC1CCCC(c2cn(CC(C)C)c3ccccc23)C1. The maximum Gasteiger partial charge on any atom is 0.0483 e. The third kappa shape index (κ3) is 3.01. The van der Waals surface area contributed by atoms with E-state index >= 15 is 0 Å². The molecule has 3 rings (SSSR count). The summed E-state index contributed by atoms with van der Waals surface area (Å²) in [5.74, 6) is 1.40. The van der Waals surface area contributed by atoms with Crippen molar-refractivity contribution in [3.05, 3.63) is 36.0 Å². The molecular weight excluding hydrogens is 256 g/mol. The highest BCUT2D eigenvalue weighted by molar-refractivity contribution is 5.84. The first-order valence-electron chi connectivity index (χ1n) is 8.44. The number of nitrogens with zero attached hydrogens (tertiary/aromatic N) is 1. The van der Waals surface area contributed by atoms with Gasteiger partial charge in [0.05, 0.1) is 0 Å². The predicted molar refractivity (Wildman–Crippen MR) is 90.8 cm³/mol. The molecule has 1 aliphatic rings. The van der Waals surface area contributed by atoms with Crippen molar-refractivity contribution in [2.45, 2.75) is 58.0 Å². The summed E-state index contributed by atoms with van der Waals surface area (Å²) in [4.78, 5) is 0. The Balaban J connectivity index is 1.98. The molecular formula is C19H28N2. The second kappa shape index (κ2) is 6.23. The number of para-hydroxylation sites is 1. The fourth-order valence-electron chi connectivity index (χ4n) is 3.88. The largest absolute Gasteiger partial charge is 0.347 e. The zero-order valence-corrected chi connectivity index (χ0v) is 13.6. The van der Waals surface area contributed by atoms with Crippen LogP contribution >= 0.6 is 0 Å². The summed E-state index contributed by atoms with van der Waals surface area (Å²) in [5, 5.41) is 4.96. The minimum absolute atomic E-state index is 0.685. The van der Waals surface area contributed by atoms with Crippen LogP contribution in [0.2, 0.25) is 0 Å². The van der Waals surface area contributed by atoms with Gasteiger partial charge in [0.15, 0.2) is 0 Å². The topological polar surface area (TPSA) is 17.0 Å². The lowest BCUT2D eigenvalue weighted by Gasteiger charge is -2.28. The van der Waals surface area contributed by atoms with E-state index in [2.05, 4.69) is 61.2 Å². The summed E-state index contributed by atoms with van der Waals surface area (Å²) >= 11 is 0. The van der Waals surface area contributed by atoms with Crippen molar-refractivity contribution >= 4 is 10.9 Å². The van der Waals surface area contributed by atoms with E-state index in [9.17, 15) is 0 Å². The Morgan fingerprint density at radius 1 is 1.24 bits per heavy atom. The van der Waals surface area contributed by atoms with E-state index in [1.807, 2.05) is 0 Å². The van der Waals surface area contributed by atoms with Crippen LogP contribution in [-0.2, 0) is 6.54 Å². The molecule has 21 heavy (non-hydrogen) atoms. The van der Waals surface area contributed by atoms with Crippen molar-refractivity contribution in [2.24, 2.45) is 5.92 Å². The molecule has 1 heterocycles. The Bertz CT molecular complexity index is 597. The van der Waals surface area contributed by atoms with Crippen molar-refractivity contribution in [1.82, 2.24) is 9.88 Å². The maximum absolute atomic E-state index is 3.48. The number of nitrogens with one attached hydrogen (secondary N) is 1. The number of aromatic nitrogens is 1. The third-order valence-electron chi connectivity index (χ3n) is 4.90. The van der Waals surface area contributed by atoms with Crippen LogP contribution in [0.15, 0.2) is 30.5 Å². The fourth-order valence-corrected chi connectivity index (χ4v) is 3.88. The highest BCUT2D eigenvalue weighted by atomic mass is 15.0. The van der Waals surface area contributed by atoms with Crippen molar-refractivity contribution in [2.75, 3.05) is 7.05 Å². The number of hydrogen-bond acceptors (Lipinski definition) is 1. The highest BCUT2D eigenvalue weighted by Crippen LogP contribution is 2.37. The third-order valence-corrected chi connectivity index (χ3v) is 4.90. The molecule has 1 aromatic carbocycles. The molecule has 1 fully saturated rings. The summed E-state index contributed by atoms with van der Waals surface area (Å²) in [6.45, 7) is 5.71. The lowest BCUT2D eigenvalue weighted by Crippen LogP contribution is -2.30. The van der Waals surface area contributed by atoms with Gasteiger partial charge in [0, 0.05) is 29.7 Å². The van der Waals surface area contributed by atoms with E-state index < -0.39 is 0 Å². The summed E-state index contributed by atoms with van der Waals surface area (Å²) in [5.41, 5.74) is 2.99. The average molecular weight is 284 g/mol. The first-order valence-corrected chi connectivity index (χ1v) is 8.44. The molecule has 1 aliphatic carbocycles. The molecule has 2 heteroatoms. The Hall–Kier alpha value is -1.28. The highest BCUT2D eigenvalue weighted by Gasteiger charge is 2.25. The van der Waals surface area contributed by atoms with Crippen molar-refractivity contribution in [3.63, 3.8) is 0 Å². The molecule has 0 spiro atoms. The molecule has 0 saturated heterocycles. The summed E-state index contributed by atoms with van der Waals surface area (Å²) in [7, 11) is 2.11. The molecule has 1 N–H and O–H groups in total. The minimum Gasteiger partial charge on any atom is -0.347 e. The fraction of sp³-hybridized carbons (Fsp3) is 0.579. The number of benzene rings is 1. The summed E-state index contributed by atoms with van der Waals surface area (Å²) < 4.78 is 2.47. The standard InChI is InChI=1S/C19H28N2/c1-14(2)12-21-13-18(17-9-4-5-10-19(17)21)15-7-6-8-16(11-15)20-3/h4-5,9-10,13-16,20H,6-8,11-12H2,1-3H3. The van der Waals surface area contributed by atoms with Gasteiger partial charge in [-0.2, -0.15) is 0 Å². The molecule has 1 aromatic heterocycles. The molecule has 0 aliphatic heterocycles. The van der Waals surface area contributed by atoms with Crippen LogP contribution in [0.3, 0.4) is 0 Å². The van der Waals surface area contributed by atoms with Gasteiger partial charge in [-0.15, -0.1) is 0 Å². The second-order valence-corrected chi connectivity index (χ2v) is 7.00. The Morgan fingerprint density at radius 2 is 2.05 bits per heavy atom. The zero-order valence-electron chi connectivity index (χ0n) is 13.6. The minimum atomic E-state index is 0.685. The molecule has 114 valence electrons. The lowest BCUT2D eigenvalue weighted by atomic mass is 9.81. The van der Waals surface area contributed by atoms with Crippen LogP contribution < -0.4 is 5.32 Å². The molecule has 2 aromatic rings. The molecule has 0 bridgehead atoms. The van der Waals surface area contributed by atoms with Gasteiger partial charge in [-0.05, 0) is 49.8 Å². The van der Waals surface area contributed by atoms with Crippen LogP contribution in [0.1, 0.15) is 51.0 Å². The van der Waals surface area contributed by atoms with E-state index in [1.54, 1.807) is 5.56 Å². The van der Waals surface area contributed by atoms with Gasteiger partial charge in [-0.25, -0.2) is 0 Å². The first-order chi connectivity index (χ1) is 10.2. The first kappa shape index (κ1) is 14.6. The molecule has 0 radical (unpaired) electrons. The van der Waals surface area contributed by atoms with Crippen LogP contribution in [-0.4, -0.2) is 17.7 Å². The van der Waals surface area contributed by atoms with Gasteiger partial charge >= 0.3 is 0 Å². The Labute approximate surface area is 128 Å². The van der Waals surface area contributed by atoms with Crippen LogP contribution in [0.5, 0.6) is 0 Å². The van der Waals surface area contributed by atoms with Gasteiger partial charge in [0.1, 0.15) is 0 Å². The van der Waals surface area contributed by atoms with Gasteiger partial charge in [-0.1, -0.05) is 38.5 Å². The number of hydrogen-bond donors (Lipinski definition) is 1. The van der Waals surface area contributed by atoms with Crippen LogP contribution in [0, 0.1) is 5.92 Å². The second-order valence-electron chi connectivity index (χ2n) is 7.00. The van der Waals surface area contributed by atoms with Gasteiger partial charge in [0.2, 0.25) is 0 Å². The molecule has 1 saturated carbocycles. The van der Waals surface area contributed by atoms with Crippen LogP contribution in [0.4, 0.5) is 0 Å². The van der Waals surface area contributed by atoms with Crippen molar-refractivity contribution < 1.29 is 0 Å². The van der Waals surface area contributed by atoms with E-state index in [4.69, 9.17) is 0 Å². The molecule has 2 nitrogen and oxygen atoms in total. The Morgan fingerprint density at radius 3 is 2.81 bits per heavy atom. The lowest BCUT2D eigenvalue weighted by molar-refractivity contribution is 0.356. The van der Waals surface area contributed by atoms with Crippen molar-refractivity contribution in [1.29, 1.82) is 0 Å². The monoisotopic (exact) mass is 284 g/mol. The number of fused-ring (bicyclic) bond motifs is 1. The molecule has 2 unspecified atom stereocenters. The van der Waals surface area contributed by atoms with Crippen molar-refractivity contribution in [3.8, 4) is 0 Å².